The van der Waals surface area contributed by atoms with E-state index in [0.717, 1.165) is 37.5 Å². The zero-order chi connectivity index (χ0) is 21.1. The standard InChI is InChI=1S/C25H29N3O2/c1-18-5-4-6-22(15-18)27-11-13-28(14-12-27)25(29)10-9-24-26-17-23(30-24)21-8-7-19(2)20(3)16-21/h4-8,15-17H,9-14H2,1-3H3. The van der Waals surface area contributed by atoms with Gasteiger partial charge in [0, 0.05) is 50.3 Å². The first kappa shape index (κ1) is 20.2. The number of oxazole rings is 1. The number of benzene rings is 2. The van der Waals surface area contributed by atoms with Gasteiger partial charge in [-0.05, 0) is 55.7 Å². The summed E-state index contributed by atoms with van der Waals surface area (Å²) in [6.45, 7) is 9.54. The van der Waals surface area contributed by atoms with E-state index in [0.29, 0.717) is 18.7 Å². The summed E-state index contributed by atoms with van der Waals surface area (Å²) >= 11 is 0. The van der Waals surface area contributed by atoms with Crippen molar-refractivity contribution in [3.8, 4) is 11.3 Å². The van der Waals surface area contributed by atoms with Crippen LogP contribution in [0.5, 0.6) is 0 Å². The minimum atomic E-state index is 0.171. The van der Waals surface area contributed by atoms with Crippen LogP contribution in [0, 0.1) is 20.8 Å². The monoisotopic (exact) mass is 403 g/mol. The van der Waals surface area contributed by atoms with E-state index in [1.165, 1.54) is 22.4 Å². The lowest BCUT2D eigenvalue weighted by atomic mass is 10.1. The van der Waals surface area contributed by atoms with Crippen molar-refractivity contribution in [1.82, 2.24) is 9.88 Å². The highest BCUT2D eigenvalue weighted by Gasteiger charge is 2.21. The van der Waals surface area contributed by atoms with Gasteiger partial charge in [0.25, 0.3) is 0 Å². The van der Waals surface area contributed by atoms with Crippen LogP contribution in [0.3, 0.4) is 0 Å². The Labute approximate surface area is 178 Å². The van der Waals surface area contributed by atoms with E-state index in [2.05, 4.69) is 67.1 Å². The zero-order valence-electron chi connectivity index (χ0n) is 18.0. The molecule has 5 heteroatoms. The lowest BCUT2D eigenvalue weighted by molar-refractivity contribution is -0.131. The fourth-order valence-corrected chi connectivity index (χ4v) is 3.86. The minimum absolute atomic E-state index is 0.171. The molecular formula is C25H29N3O2. The summed E-state index contributed by atoms with van der Waals surface area (Å²) in [5.41, 5.74) is 6.00. The van der Waals surface area contributed by atoms with Crippen molar-refractivity contribution < 1.29 is 9.21 Å². The normalized spacial score (nSPS) is 14.2. The maximum atomic E-state index is 12.7. The van der Waals surface area contributed by atoms with E-state index >= 15 is 0 Å². The summed E-state index contributed by atoms with van der Waals surface area (Å²) < 4.78 is 5.90. The van der Waals surface area contributed by atoms with Crippen LogP contribution in [-0.4, -0.2) is 42.0 Å². The van der Waals surface area contributed by atoms with Crippen molar-refractivity contribution in [2.75, 3.05) is 31.1 Å². The van der Waals surface area contributed by atoms with Crippen LogP contribution in [0.4, 0.5) is 5.69 Å². The van der Waals surface area contributed by atoms with Gasteiger partial charge >= 0.3 is 0 Å². The number of aryl methyl sites for hydroxylation is 4. The second-order valence-electron chi connectivity index (χ2n) is 8.12. The number of aromatic nitrogens is 1. The molecule has 156 valence electrons. The van der Waals surface area contributed by atoms with Gasteiger partial charge in [0.2, 0.25) is 5.91 Å². The van der Waals surface area contributed by atoms with Crippen LogP contribution in [0.15, 0.2) is 53.1 Å². The molecule has 0 aliphatic carbocycles. The number of amides is 1. The Morgan fingerprint density at radius 3 is 2.53 bits per heavy atom. The Kier molecular flexibility index (Phi) is 5.88. The van der Waals surface area contributed by atoms with E-state index in [4.69, 9.17) is 4.42 Å². The van der Waals surface area contributed by atoms with Gasteiger partial charge < -0.3 is 14.2 Å². The Bertz CT molecular complexity index is 1030. The van der Waals surface area contributed by atoms with Crippen LogP contribution < -0.4 is 4.90 Å². The quantitative estimate of drug-likeness (QED) is 0.627. The van der Waals surface area contributed by atoms with Crippen molar-refractivity contribution in [2.24, 2.45) is 0 Å². The molecule has 4 rings (SSSR count). The van der Waals surface area contributed by atoms with Crippen molar-refractivity contribution in [2.45, 2.75) is 33.6 Å². The maximum Gasteiger partial charge on any atom is 0.223 e. The van der Waals surface area contributed by atoms with Crippen molar-refractivity contribution in [3.63, 3.8) is 0 Å². The first-order valence-corrected chi connectivity index (χ1v) is 10.6. The molecule has 1 aromatic heterocycles. The number of anilines is 1. The molecule has 5 nitrogen and oxygen atoms in total. The average Bonchev–Trinajstić information content (AvgIpc) is 3.23. The fraction of sp³-hybridized carbons (Fsp3) is 0.360. The van der Waals surface area contributed by atoms with E-state index in [1.807, 2.05) is 11.0 Å². The van der Waals surface area contributed by atoms with Gasteiger partial charge in [0.15, 0.2) is 11.7 Å². The summed E-state index contributed by atoms with van der Waals surface area (Å²) in [5.74, 6) is 1.55. The Morgan fingerprint density at radius 1 is 1.00 bits per heavy atom. The van der Waals surface area contributed by atoms with Crippen molar-refractivity contribution >= 4 is 11.6 Å². The number of piperazine rings is 1. The van der Waals surface area contributed by atoms with Gasteiger partial charge in [-0.1, -0.05) is 24.3 Å². The number of rotatable bonds is 5. The molecule has 1 saturated heterocycles. The average molecular weight is 404 g/mol. The molecule has 3 aromatic rings. The molecule has 1 fully saturated rings. The summed E-state index contributed by atoms with van der Waals surface area (Å²) in [4.78, 5) is 21.3. The number of carbonyl (C=O) groups excluding carboxylic acids is 1. The molecule has 0 N–H and O–H groups in total. The maximum absolute atomic E-state index is 12.7. The second kappa shape index (κ2) is 8.74. The Hall–Kier alpha value is -3.08. The van der Waals surface area contributed by atoms with Crippen LogP contribution in [0.1, 0.15) is 29.0 Å². The van der Waals surface area contributed by atoms with E-state index in [-0.39, 0.29) is 5.91 Å². The van der Waals surface area contributed by atoms with Gasteiger partial charge in [0.05, 0.1) is 6.20 Å². The molecule has 0 atom stereocenters. The first-order chi connectivity index (χ1) is 14.5. The lowest BCUT2D eigenvalue weighted by Crippen LogP contribution is -2.48. The molecule has 0 radical (unpaired) electrons. The number of hydrogen-bond acceptors (Lipinski definition) is 4. The molecule has 1 aliphatic rings. The number of hydrogen-bond donors (Lipinski definition) is 0. The Morgan fingerprint density at radius 2 is 1.80 bits per heavy atom. The molecule has 30 heavy (non-hydrogen) atoms. The molecule has 1 amide bonds. The largest absolute Gasteiger partial charge is 0.441 e. The predicted octanol–water partition coefficient (Wildman–Crippen LogP) is 4.55. The first-order valence-electron chi connectivity index (χ1n) is 10.6. The molecule has 2 heterocycles. The molecule has 0 bridgehead atoms. The molecule has 0 unspecified atom stereocenters. The van der Waals surface area contributed by atoms with Gasteiger partial charge in [-0.3, -0.25) is 4.79 Å². The SMILES string of the molecule is Cc1cccc(N2CCN(C(=O)CCc3ncc(-c4ccc(C)c(C)c4)o3)CC2)c1. The molecule has 2 aromatic carbocycles. The summed E-state index contributed by atoms with van der Waals surface area (Å²) in [6.07, 6.45) is 2.71. The van der Waals surface area contributed by atoms with Crippen LogP contribution in [0.2, 0.25) is 0 Å². The third kappa shape index (κ3) is 4.56. The van der Waals surface area contributed by atoms with Gasteiger partial charge in [0.1, 0.15) is 0 Å². The molecule has 0 spiro atoms. The summed E-state index contributed by atoms with van der Waals surface area (Å²) in [7, 11) is 0. The highest BCUT2D eigenvalue weighted by molar-refractivity contribution is 5.76. The molecular weight excluding hydrogens is 374 g/mol. The smallest absolute Gasteiger partial charge is 0.223 e. The lowest BCUT2D eigenvalue weighted by Gasteiger charge is -2.36. The summed E-state index contributed by atoms with van der Waals surface area (Å²) in [5, 5.41) is 0. The van der Waals surface area contributed by atoms with Crippen LogP contribution in [0.25, 0.3) is 11.3 Å². The van der Waals surface area contributed by atoms with Gasteiger partial charge in [-0.2, -0.15) is 0 Å². The van der Waals surface area contributed by atoms with E-state index in [9.17, 15) is 4.79 Å². The summed E-state index contributed by atoms with van der Waals surface area (Å²) in [6, 6.07) is 14.8. The number of carbonyl (C=O) groups is 1. The van der Waals surface area contributed by atoms with Gasteiger partial charge in [-0.15, -0.1) is 0 Å². The van der Waals surface area contributed by atoms with Crippen LogP contribution in [-0.2, 0) is 11.2 Å². The third-order valence-electron chi connectivity index (χ3n) is 5.90. The van der Waals surface area contributed by atoms with E-state index in [1.54, 1.807) is 6.20 Å². The van der Waals surface area contributed by atoms with Crippen LogP contribution >= 0.6 is 0 Å². The third-order valence-corrected chi connectivity index (χ3v) is 5.90. The fourth-order valence-electron chi connectivity index (χ4n) is 3.86. The van der Waals surface area contributed by atoms with E-state index < -0.39 is 0 Å². The molecule has 0 saturated carbocycles. The minimum Gasteiger partial charge on any atom is -0.441 e. The highest BCUT2D eigenvalue weighted by Crippen LogP contribution is 2.24. The van der Waals surface area contributed by atoms with Gasteiger partial charge in [-0.25, -0.2) is 4.98 Å². The van der Waals surface area contributed by atoms with Crippen molar-refractivity contribution in [3.05, 3.63) is 71.2 Å². The zero-order valence-corrected chi connectivity index (χ0v) is 18.0. The van der Waals surface area contributed by atoms with Crippen molar-refractivity contribution in [1.29, 1.82) is 0 Å². The predicted molar refractivity (Wildman–Crippen MR) is 120 cm³/mol. The molecule has 1 aliphatic heterocycles. The topological polar surface area (TPSA) is 49.6 Å². The number of nitrogens with zero attached hydrogens (tertiary/aromatic N) is 3. The highest BCUT2D eigenvalue weighted by atomic mass is 16.4. The Balaban J connectivity index is 1.29. The second-order valence-corrected chi connectivity index (χ2v) is 8.12.